The monoisotopic (exact) mass is 339 g/mol. The Balaban J connectivity index is 2.18. The van der Waals surface area contributed by atoms with Crippen LogP contribution in [0.5, 0.6) is 11.5 Å². The number of benzene rings is 2. The van der Waals surface area contributed by atoms with Crippen LogP contribution < -0.4 is 14.8 Å². The zero-order valence-electron chi connectivity index (χ0n) is 15.2. The van der Waals surface area contributed by atoms with Crippen LogP contribution >= 0.6 is 0 Å². The van der Waals surface area contributed by atoms with Crippen LogP contribution in [0.2, 0.25) is 0 Å². The van der Waals surface area contributed by atoms with Crippen LogP contribution in [0.3, 0.4) is 0 Å². The molecule has 4 nitrogen and oxygen atoms in total. The van der Waals surface area contributed by atoms with Crippen LogP contribution in [0.15, 0.2) is 48.5 Å². The molecule has 1 amide bonds. The number of hydrogen-bond donors (Lipinski definition) is 1. The van der Waals surface area contributed by atoms with Gasteiger partial charge in [0.2, 0.25) is 5.91 Å². The van der Waals surface area contributed by atoms with E-state index in [0.29, 0.717) is 17.4 Å². The lowest BCUT2D eigenvalue weighted by Crippen LogP contribution is -2.10. The largest absolute Gasteiger partial charge is 0.493 e. The molecule has 4 heteroatoms. The van der Waals surface area contributed by atoms with E-state index in [4.69, 9.17) is 9.47 Å². The lowest BCUT2D eigenvalue weighted by Gasteiger charge is -2.15. The van der Waals surface area contributed by atoms with Crippen LogP contribution in [-0.4, -0.2) is 20.1 Å². The second-order valence-electron chi connectivity index (χ2n) is 5.80. The van der Waals surface area contributed by atoms with Gasteiger partial charge in [0.15, 0.2) is 11.5 Å². The van der Waals surface area contributed by atoms with E-state index in [1.165, 1.54) is 6.08 Å². The van der Waals surface area contributed by atoms with Crippen molar-refractivity contribution in [2.45, 2.75) is 26.2 Å². The van der Waals surface area contributed by atoms with Crippen molar-refractivity contribution in [3.05, 3.63) is 59.7 Å². The first-order valence-electron chi connectivity index (χ1n) is 8.39. The number of anilines is 1. The van der Waals surface area contributed by atoms with Gasteiger partial charge in [-0.1, -0.05) is 44.2 Å². The highest BCUT2D eigenvalue weighted by Gasteiger charge is 2.10. The number of hydrogen-bond acceptors (Lipinski definition) is 3. The van der Waals surface area contributed by atoms with Crippen molar-refractivity contribution >= 4 is 17.7 Å². The number of carbonyl (C=O) groups is 1. The molecule has 0 fully saturated rings. The molecule has 25 heavy (non-hydrogen) atoms. The average Bonchev–Trinajstić information content (AvgIpc) is 2.65. The lowest BCUT2D eigenvalue weighted by molar-refractivity contribution is -0.111. The van der Waals surface area contributed by atoms with Crippen molar-refractivity contribution in [2.24, 2.45) is 0 Å². The van der Waals surface area contributed by atoms with Crippen molar-refractivity contribution in [3.8, 4) is 11.5 Å². The molecule has 0 aliphatic carbocycles. The zero-order chi connectivity index (χ0) is 18.2. The molecule has 0 aromatic heterocycles. The van der Waals surface area contributed by atoms with Crippen LogP contribution in [-0.2, 0) is 4.79 Å². The fraction of sp³-hybridized carbons (Fsp3) is 0.286. The van der Waals surface area contributed by atoms with Gasteiger partial charge in [0, 0.05) is 17.3 Å². The van der Waals surface area contributed by atoms with Gasteiger partial charge in [0.25, 0.3) is 0 Å². The molecule has 132 valence electrons. The van der Waals surface area contributed by atoms with Crippen LogP contribution in [0, 0.1) is 0 Å². The Labute approximate surface area is 149 Å². The number of methoxy groups -OCH3 is 2. The standard InChI is InChI=1S/C21H25NO3/c1-5-15(2)17-10-6-7-11-18(17)22-20(23)14-13-16-9-8-12-19(24-3)21(16)25-4/h6-15H,5H2,1-4H3,(H,22,23)/b14-13+/t15-/m1/s1. The topological polar surface area (TPSA) is 47.6 Å². The van der Waals surface area contributed by atoms with Gasteiger partial charge < -0.3 is 14.8 Å². The fourth-order valence-corrected chi connectivity index (χ4v) is 2.64. The van der Waals surface area contributed by atoms with Crippen molar-refractivity contribution in [1.29, 1.82) is 0 Å². The van der Waals surface area contributed by atoms with E-state index in [-0.39, 0.29) is 5.91 Å². The number of carbonyl (C=O) groups excluding carboxylic acids is 1. The van der Waals surface area contributed by atoms with Gasteiger partial charge >= 0.3 is 0 Å². The van der Waals surface area contributed by atoms with E-state index in [9.17, 15) is 4.79 Å². The molecule has 0 aliphatic rings. The summed E-state index contributed by atoms with van der Waals surface area (Å²) in [5.41, 5.74) is 2.78. The SMILES string of the molecule is CC[C@@H](C)c1ccccc1NC(=O)/C=C/c1cccc(OC)c1OC. The molecule has 2 rings (SSSR count). The Hall–Kier alpha value is -2.75. The molecule has 0 aliphatic heterocycles. The third kappa shape index (κ3) is 4.63. The first-order valence-corrected chi connectivity index (χ1v) is 8.39. The summed E-state index contributed by atoms with van der Waals surface area (Å²) in [5.74, 6) is 1.45. The van der Waals surface area contributed by atoms with E-state index < -0.39 is 0 Å². The summed E-state index contributed by atoms with van der Waals surface area (Å²) in [5, 5.41) is 2.96. The quantitative estimate of drug-likeness (QED) is 0.732. The van der Waals surface area contributed by atoms with Gasteiger partial charge in [-0.15, -0.1) is 0 Å². The Morgan fingerprint density at radius 1 is 1.12 bits per heavy atom. The van der Waals surface area contributed by atoms with E-state index in [0.717, 1.165) is 23.2 Å². The molecule has 0 unspecified atom stereocenters. The average molecular weight is 339 g/mol. The van der Waals surface area contributed by atoms with Crippen LogP contribution in [0.4, 0.5) is 5.69 Å². The number of rotatable bonds is 7. The van der Waals surface area contributed by atoms with Crippen molar-refractivity contribution < 1.29 is 14.3 Å². The molecule has 1 N–H and O–H groups in total. The number of ether oxygens (including phenoxy) is 2. The van der Waals surface area contributed by atoms with Gasteiger partial charge in [-0.2, -0.15) is 0 Å². The second kappa shape index (κ2) is 8.92. The second-order valence-corrected chi connectivity index (χ2v) is 5.80. The maximum absolute atomic E-state index is 12.3. The summed E-state index contributed by atoms with van der Waals surface area (Å²) in [6.45, 7) is 4.29. The smallest absolute Gasteiger partial charge is 0.248 e. The van der Waals surface area contributed by atoms with Gasteiger partial charge in [-0.25, -0.2) is 0 Å². The number of para-hydroxylation sites is 2. The van der Waals surface area contributed by atoms with Crippen molar-refractivity contribution in [3.63, 3.8) is 0 Å². The highest BCUT2D eigenvalue weighted by molar-refractivity contribution is 6.02. The van der Waals surface area contributed by atoms with E-state index in [1.807, 2.05) is 36.4 Å². The molecule has 0 heterocycles. The summed E-state index contributed by atoms with van der Waals surface area (Å²) >= 11 is 0. The summed E-state index contributed by atoms with van der Waals surface area (Å²) in [6, 6.07) is 13.5. The Bertz CT molecular complexity index is 753. The normalized spacial score (nSPS) is 12.0. The minimum atomic E-state index is -0.180. The fourth-order valence-electron chi connectivity index (χ4n) is 2.64. The summed E-state index contributed by atoms with van der Waals surface area (Å²) in [7, 11) is 3.17. The predicted octanol–water partition coefficient (Wildman–Crippen LogP) is 4.87. The minimum absolute atomic E-state index is 0.180. The molecule has 0 bridgehead atoms. The first-order chi connectivity index (χ1) is 12.1. The number of nitrogens with one attached hydrogen (secondary N) is 1. The van der Waals surface area contributed by atoms with Crippen molar-refractivity contribution in [1.82, 2.24) is 0 Å². The van der Waals surface area contributed by atoms with E-state index in [1.54, 1.807) is 20.3 Å². The summed E-state index contributed by atoms with van der Waals surface area (Å²) in [6.07, 6.45) is 4.25. The number of amides is 1. The maximum Gasteiger partial charge on any atom is 0.248 e. The van der Waals surface area contributed by atoms with Gasteiger partial charge in [-0.05, 0) is 36.1 Å². The third-order valence-electron chi connectivity index (χ3n) is 4.21. The van der Waals surface area contributed by atoms with Gasteiger partial charge in [0.1, 0.15) is 0 Å². The molecular weight excluding hydrogens is 314 g/mol. The molecule has 2 aromatic carbocycles. The maximum atomic E-state index is 12.3. The molecule has 0 spiro atoms. The molecule has 0 saturated heterocycles. The zero-order valence-corrected chi connectivity index (χ0v) is 15.2. The molecule has 2 aromatic rings. The van der Waals surface area contributed by atoms with Crippen molar-refractivity contribution in [2.75, 3.05) is 19.5 Å². The minimum Gasteiger partial charge on any atom is -0.493 e. The van der Waals surface area contributed by atoms with Gasteiger partial charge in [-0.3, -0.25) is 4.79 Å². The third-order valence-corrected chi connectivity index (χ3v) is 4.21. The summed E-state index contributed by atoms with van der Waals surface area (Å²) < 4.78 is 10.6. The Morgan fingerprint density at radius 3 is 2.56 bits per heavy atom. The highest BCUT2D eigenvalue weighted by atomic mass is 16.5. The lowest BCUT2D eigenvalue weighted by atomic mass is 9.97. The summed E-state index contributed by atoms with van der Waals surface area (Å²) in [4.78, 5) is 12.3. The van der Waals surface area contributed by atoms with E-state index in [2.05, 4.69) is 25.2 Å². The molecular formula is C21H25NO3. The Morgan fingerprint density at radius 2 is 1.88 bits per heavy atom. The Kier molecular flexibility index (Phi) is 6.63. The van der Waals surface area contributed by atoms with Crippen LogP contribution in [0.25, 0.3) is 6.08 Å². The predicted molar refractivity (Wildman–Crippen MR) is 102 cm³/mol. The van der Waals surface area contributed by atoms with Gasteiger partial charge in [0.05, 0.1) is 14.2 Å². The molecule has 1 atom stereocenters. The van der Waals surface area contributed by atoms with E-state index >= 15 is 0 Å². The highest BCUT2D eigenvalue weighted by Crippen LogP contribution is 2.31. The molecule has 0 radical (unpaired) electrons. The first kappa shape index (κ1) is 18.6. The molecule has 0 saturated carbocycles. The van der Waals surface area contributed by atoms with Crippen LogP contribution in [0.1, 0.15) is 37.3 Å².